The summed E-state index contributed by atoms with van der Waals surface area (Å²) in [4.78, 5) is 10.7. The topological polar surface area (TPSA) is 46.5 Å². The van der Waals surface area contributed by atoms with Gasteiger partial charge in [0.05, 0.1) is 27.6 Å². The molecule has 0 aromatic carbocycles. The number of likely N-dealkylation sites (N-methyl/N-ethyl adjacent to an activating group) is 1. The van der Waals surface area contributed by atoms with E-state index in [1.54, 1.807) is 0 Å². The molecule has 96 valence electrons. The van der Waals surface area contributed by atoms with E-state index >= 15 is 0 Å². The summed E-state index contributed by atoms with van der Waals surface area (Å²) in [6, 6.07) is 0. The third kappa shape index (κ3) is 9.93. The first-order valence-electron chi connectivity index (χ1n) is 5.84. The number of ether oxygens (including phenoxy) is 1. The van der Waals surface area contributed by atoms with Crippen molar-refractivity contribution in [3.8, 4) is 0 Å². The van der Waals surface area contributed by atoms with Crippen LogP contribution in [0.15, 0.2) is 0 Å². The van der Waals surface area contributed by atoms with Crippen LogP contribution >= 0.6 is 0 Å². The second-order valence-electron chi connectivity index (χ2n) is 5.75. The minimum atomic E-state index is -0.789. The Morgan fingerprint density at radius 1 is 1.31 bits per heavy atom. The molecule has 1 atom stereocenters. The van der Waals surface area contributed by atoms with Gasteiger partial charge in [0, 0.05) is 6.61 Å². The number of aliphatic carboxylic acids is 1. The van der Waals surface area contributed by atoms with Gasteiger partial charge in [-0.15, -0.1) is 0 Å². The van der Waals surface area contributed by atoms with E-state index in [-0.39, 0.29) is 12.5 Å². The quantitative estimate of drug-likeness (QED) is 0.647. The predicted molar refractivity (Wildman–Crippen MR) is 64.3 cm³/mol. The molecular weight excluding hydrogens is 206 g/mol. The highest BCUT2D eigenvalue weighted by Crippen LogP contribution is 2.07. The highest BCUT2D eigenvalue weighted by atomic mass is 16.5. The zero-order chi connectivity index (χ0) is 12.8. The van der Waals surface area contributed by atoms with Gasteiger partial charge in [0.1, 0.15) is 12.6 Å². The van der Waals surface area contributed by atoms with E-state index in [4.69, 9.17) is 9.84 Å². The van der Waals surface area contributed by atoms with E-state index in [0.29, 0.717) is 12.5 Å². The van der Waals surface area contributed by atoms with Gasteiger partial charge in [-0.25, -0.2) is 0 Å². The van der Waals surface area contributed by atoms with Gasteiger partial charge in [-0.3, -0.25) is 4.79 Å². The van der Waals surface area contributed by atoms with Crippen LogP contribution < -0.4 is 0 Å². The summed E-state index contributed by atoms with van der Waals surface area (Å²) < 4.78 is 6.37. The molecule has 0 amide bonds. The van der Waals surface area contributed by atoms with Crippen LogP contribution in [-0.4, -0.2) is 56.0 Å². The lowest BCUT2D eigenvalue weighted by atomic mass is 10.1. The molecule has 16 heavy (non-hydrogen) atoms. The van der Waals surface area contributed by atoms with Gasteiger partial charge < -0.3 is 14.3 Å². The molecule has 0 aliphatic carbocycles. The normalized spacial score (nSPS) is 14.1. The number of carbonyl (C=O) groups is 1. The Bertz CT molecular complexity index is 209. The molecule has 1 unspecified atom stereocenters. The summed E-state index contributed by atoms with van der Waals surface area (Å²) in [6.45, 7) is 5.64. The van der Waals surface area contributed by atoms with E-state index in [1.165, 1.54) is 0 Å². The molecule has 0 rings (SSSR count). The molecule has 0 aromatic heterocycles. The Morgan fingerprint density at radius 3 is 2.25 bits per heavy atom. The minimum absolute atomic E-state index is 0.0909. The summed E-state index contributed by atoms with van der Waals surface area (Å²) in [6.07, 6.45) is 0.886. The number of nitrogens with zero attached hydrogens (tertiary/aromatic N) is 1. The Kier molecular flexibility index (Phi) is 6.60. The number of carboxylic acid groups (broad SMARTS) is 1. The largest absolute Gasteiger partial charge is 0.481 e. The van der Waals surface area contributed by atoms with Crippen LogP contribution in [0.4, 0.5) is 0 Å². The number of carboxylic acids is 1. The SMILES string of the molecule is CC(C)CCOC(CC(=O)O)C[N+](C)(C)C. The van der Waals surface area contributed by atoms with Crippen LogP contribution in [0.3, 0.4) is 0 Å². The van der Waals surface area contributed by atoms with Crippen molar-refractivity contribution in [2.75, 3.05) is 34.3 Å². The van der Waals surface area contributed by atoms with E-state index in [0.717, 1.165) is 17.4 Å². The fourth-order valence-electron chi connectivity index (χ4n) is 1.45. The third-order valence-electron chi connectivity index (χ3n) is 2.20. The maximum absolute atomic E-state index is 10.7. The van der Waals surface area contributed by atoms with Gasteiger partial charge in [0.2, 0.25) is 0 Å². The van der Waals surface area contributed by atoms with Crippen LogP contribution in [0, 0.1) is 5.92 Å². The van der Waals surface area contributed by atoms with Gasteiger partial charge in [-0.1, -0.05) is 13.8 Å². The van der Waals surface area contributed by atoms with Gasteiger partial charge in [-0.05, 0) is 12.3 Å². The molecule has 4 heteroatoms. The van der Waals surface area contributed by atoms with Gasteiger partial charge >= 0.3 is 5.97 Å². The molecule has 0 radical (unpaired) electrons. The van der Waals surface area contributed by atoms with Crippen LogP contribution in [0.1, 0.15) is 26.7 Å². The number of quaternary nitrogens is 1. The molecule has 0 saturated heterocycles. The molecule has 0 heterocycles. The minimum Gasteiger partial charge on any atom is -0.481 e. The van der Waals surface area contributed by atoms with Crippen molar-refractivity contribution in [1.29, 1.82) is 0 Å². The molecule has 0 fully saturated rings. The summed E-state index contributed by atoms with van der Waals surface area (Å²) in [5.74, 6) is -0.197. The molecule has 0 spiro atoms. The molecular formula is C12H26NO3+. The van der Waals surface area contributed by atoms with Crippen molar-refractivity contribution < 1.29 is 19.1 Å². The second-order valence-corrected chi connectivity index (χ2v) is 5.75. The summed E-state index contributed by atoms with van der Waals surface area (Å²) >= 11 is 0. The Balaban J connectivity index is 4.05. The highest BCUT2D eigenvalue weighted by molar-refractivity contribution is 5.67. The molecule has 0 bridgehead atoms. The number of rotatable bonds is 8. The van der Waals surface area contributed by atoms with Gasteiger partial charge in [-0.2, -0.15) is 0 Å². The van der Waals surface area contributed by atoms with Crippen molar-refractivity contribution in [3.63, 3.8) is 0 Å². The van der Waals surface area contributed by atoms with Gasteiger partial charge in [0.25, 0.3) is 0 Å². The zero-order valence-corrected chi connectivity index (χ0v) is 11.2. The first-order chi connectivity index (χ1) is 7.20. The summed E-state index contributed by atoms with van der Waals surface area (Å²) in [5, 5.41) is 8.80. The summed E-state index contributed by atoms with van der Waals surface area (Å²) in [7, 11) is 6.13. The Hall–Kier alpha value is -0.610. The van der Waals surface area contributed by atoms with E-state index in [1.807, 2.05) is 21.1 Å². The van der Waals surface area contributed by atoms with E-state index in [9.17, 15) is 4.79 Å². The molecule has 4 nitrogen and oxygen atoms in total. The number of hydrogen-bond donors (Lipinski definition) is 1. The fraction of sp³-hybridized carbons (Fsp3) is 0.917. The smallest absolute Gasteiger partial charge is 0.306 e. The maximum atomic E-state index is 10.7. The summed E-state index contributed by atoms with van der Waals surface area (Å²) in [5.41, 5.74) is 0. The fourth-order valence-corrected chi connectivity index (χ4v) is 1.45. The van der Waals surface area contributed by atoms with Crippen LogP contribution in [0.25, 0.3) is 0 Å². The van der Waals surface area contributed by atoms with E-state index < -0.39 is 5.97 Å². The Morgan fingerprint density at radius 2 is 1.88 bits per heavy atom. The maximum Gasteiger partial charge on any atom is 0.306 e. The van der Waals surface area contributed by atoms with Crippen molar-refractivity contribution in [1.82, 2.24) is 0 Å². The molecule has 0 aromatic rings. The lowest BCUT2D eigenvalue weighted by Gasteiger charge is -2.28. The van der Waals surface area contributed by atoms with E-state index in [2.05, 4.69) is 13.8 Å². The monoisotopic (exact) mass is 232 g/mol. The molecule has 1 N–H and O–H groups in total. The Labute approximate surface area is 98.8 Å². The van der Waals surface area contributed by atoms with Crippen molar-refractivity contribution >= 4 is 5.97 Å². The van der Waals surface area contributed by atoms with Crippen molar-refractivity contribution in [3.05, 3.63) is 0 Å². The predicted octanol–water partition coefficient (Wildman–Crippen LogP) is 1.60. The van der Waals surface area contributed by atoms with Crippen LogP contribution in [0.2, 0.25) is 0 Å². The lowest BCUT2D eigenvalue weighted by Crippen LogP contribution is -2.43. The molecule has 0 aliphatic rings. The third-order valence-corrected chi connectivity index (χ3v) is 2.20. The first kappa shape index (κ1) is 15.4. The highest BCUT2D eigenvalue weighted by Gasteiger charge is 2.21. The first-order valence-corrected chi connectivity index (χ1v) is 5.84. The van der Waals surface area contributed by atoms with Gasteiger partial charge in [0.15, 0.2) is 0 Å². The van der Waals surface area contributed by atoms with Crippen LogP contribution in [-0.2, 0) is 9.53 Å². The average Bonchev–Trinajstić information content (AvgIpc) is 1.98. The second kappa shape index (κ2) is 6.86. The van der Waals surface area contributed by atoms with Crippen LogP contribution in [0.5, 0.6) is 0 Å². The lowest BCUT2D eigenvalue weighted by molar-refractivity contribution is -0.873. The zero-order valence-electron chi connectivity index (χ0n) is 11.2. The van der Waals surface area contributed by atoms with Crippen molar-refractivity contribution in [2.45, 2.75) is 32.8 Å². The number of hydrogen-bond acceptors (Lipinski definition) is 2. The molecule has 0 saturated carbocycles. The standard InChI is InChI=1S/C12H25NO3/c1-10(2)6-7-16-11(8-12(14)15)9-13(3,4)5/h10-11H,6-9H2,1-5H3/p+1. The average molecular weight is 232 g/mol. The van der Waals surface area contributed by atoms with Crippen molar-refractivity contribution in [2.24, 2.45) is 5.92 Å². The molecule has 0 aliphatic heterocycles.